The van der Waals surface area contributed by atoms with Crippen molar-refractivity contribution in [3.8, 4) is 0 Å². The number of nitrogens with zero attached hydrogens (tertiary/aromatic N) is 1. The maximum absolute atomic E-state index is 10.4. The van der Waals surface area contributed by atoms with Gasteiger partial charge in [0.2, 0.25) is 0 Å². The van der Waals surface area contributed by atoms with Gasteiger partial charge in [0.1, 0.15) is 6.29 Å². The fourth-order valence-electron chi connectivity index (χ4n) is 0.932. The van der Waals surface area contributed by atoms with Crippen molar-refractivity contribution < 1.29 is 14.7 Å². The molecule has 1 unspecified atom stereocenters. The van der Waals surface area contributed by atoms with Crippen LogP contribution in [0.2, 0.25) is 0 Å². The van der Waals surface area contributed by atoms with Gasteiger partial charge in [-0.05, 0) is 0 Å². The first-order chi connectivity index (χ1) is 5.24. The van der Waals surface area contributed by atoms with Crippen LogP contribution in [-0.2, 0) is 4.79 Å². The van der Waals surface area contributed by atoms with E-state index in [0.717, 1.165) is 12.0 Å². The number of carbonyl (C=O) groups is 2. The first-order valence-corrected chi connectivity index (χ1v) is 4.33. The summed E-state index contributed by atoms with van der Waals surface area (Å²) in [5.41, 5.74) is 0. The second kappa shape index (κ2) is 3.61. The summed E-state index contributed by atoms with van der Waals surface area (Å²) in [6, 6.07) is 0. The van der Waals surface area contributed by atoms with E-state index in [1.807, 2.05) is 0 Å². The maximum atomic E-state index is 10.4. The minimum Gasteiger partial charge on any atom is -0.465 e. The summed E-state index contributed by atoms with van der Waals surface area (Å²) in [7, 11) is 0. The van der Waals surface area contributed by atoms with Crippen LogP contribution >= 0.6 is 11.8 Å². The van der Waals surface area contributed by atoms with Gasteiger partial charge in [0, 0.05) is 18.8 Å². The first-order valence-electron chi connectivity index (χ1n) is 3.29. The van der Waals surface area contributed by atoms with Gasteiger partial charge in [-0.3, -0.25) is 0 Å². The predicted octanol–water partition coefficient (Wildman–Crippen LogP) is 0.281. The molecule has 1 atom stereocenters. The number of amides is 1. The van der Waals surface area contributed by atoms with Crippen LogP contribution < -0.4 is 0 Å². The normalized spacial score (nSPS) is 24.7. The molecule has 1 fully saturated rings. The second-order valence-electron chi connectivity index (χ2n) is 2.27. The highest BCUT2D eigenvalue weighted by Gasteiger charge is 2.22. The monoisotopic (exact) mass is 175 g/mol. The lowest BCUT2D eigenvalue weighted by molar-refractivity contribution is -0.107. The van der Waals surface area contributed by atoms with Gasteiger partial charge < -0.3 is 14.8 Å². The molecule has 0 aromatic carbocycles. The number of carboxylic acid groups (broad SMARTS) is 1. The molecule has 1 rings (SSSR count). The van der Waals surface area contributed by atoms with E-state index in [1.54, 1.807) is 0 Å². The molecule has 1 aliphatic heterocycles. The lowest BCUT2D eigenvalue weighted by Crippen LogP contribution is -2.41. The Labute approximate surface area is 68.6 Å². The molecule has 0 saturated carbocycles. The van der Waals surface area contributed by atoms with Crippen molar-refractivity contribution in [2.75, 3.05) is 18.8 Å². The SMILES string of the molecule is O=CC1CN(C(=O)O)CCS1. The third-order valence-corrected chi connectivity index (χ3v) is 2.62. The number of hydrogen-bond acceptors (Lipinski definition) is 3. The van der Waals surface area contributed by atoms with Crippen LogP contribution in [0.15, 0.2) is 0 Å². The van der Waals surface area contributed by atoms with Crippen LogP contribution in [-0.4, -0.2) is 46.5 Å². The maximum Gasteiger partial charge on any atom is 0.407 e. The van der Waals surface area contributed by atoms with Crippen molar-refractivity contribution in [3.63, 3.8) is 0 Å². The van der Waals surface area contributed by atoms with Crippen LogP contribution in [0.4, 0.5) is 4.79 Å². The van der Waals surface area contributed by atoms with Gasteiger partial charge in [-0.1, -0.05) is 0 Å². The molecule has 11 heavy (non-hydrogen) atoms. The molecule has 0 aromatic heterocycles. The van der Waals surface area contributed by atoms with Crippen molar-refractivity contribution in [2.24, 2.45) is 0 Å². The van der Waals surface area contributed by atoms with Gasteiger partial charge in [0.15, 0.2) is 0 Å². The summed E-state index contributed by atoms with van der Waals surface area (Å²) in [6.07, 6.45) is -0.128. The highest BCUT2D eigenvalue weighted by molar-refractivity contribution is 8.00. The van der Waals surface area contributed by atoms with E-state index in [4.69, 9.17) is 5.11 Å². The smallest absolute Gasteiger partial charge is 0.407 e. The van der Waals surface area contributed by atoms with Gasteiger partial charge in [0.25, 0.3) is 0 Å². The molecule has 0 spiro atoms. The highest BCUT2D eigenvalue weighted by atomic mass is 32.2. The fourth-order valence-corrected chi connectivity index (χ4v) is 1.92. The van der Waals surface area contributed by atoms with Crippen LogP contribution in [0.5, 0.6) is 0 Å². The van der Waals surface area contributed by atoms with Crippen LogP contribution in [0.3, 0.4) is 0 Å². The Morgan fingerprint density at radius 2 is 2.45 bits per heavy atom. The van der Waals surface area contributed by atoms with E-state index in [0.29, 0.717) is 13.1 Å². The Bertz CT molecular complexity index is 173. The fraction of sp³-hybridized carbons (Fsp3) is 0.667. The number of carbonyl (C=O) groups excluding carboxylic acids is 1. The molecule has 5 heteroatoms. The second-order valence-corrected chi connectivity index (χ2v) is 3.62. The summed E-state index contributed by atoms with van der Waals surface area (Å²) < 4.78 is 0. The third kappa shape index (κ3) is 2.11. The number of aldehydes is 1. The number of thioether (sulfide) groups is 1. The van der Waals surface area contributed by atoms with Gasteiger partial charge in [0.05, 0.1) is 5.25 Å². The minimum atomic E-state index is -0.933. The number of hydrogen-bond donors (Lipinski definition) is 1. The topological polar surface area (TPSA) is 57.6 Å². The first kappa shape index (κ1) is 8.39. The Balaban J connectivity index is 2.45. The summed E-state index contributed by atoms with van der Waals surface area (Å²) in [5, 5.41) is 8.39. The van der Waals surface area contributed by atoms with E-state index in [9.17, 15) is 9.59 Å². The average Bonchev–Trinajstić information content (AvgIpc) is 2.05. The predicted molar refractivity (Wildman–Crippen MR) is 41.9 cm³/mol. The van der Waals surface area contributed by atoms with Crippen molar-refractivity contribution in [1.82, 2.24) is 4.90 Å². The van der Waals surface area contributed by atoms with E-state index < -0.39 is 6.09 Å². The summed E-state index contributed by atoms with van der Waals surface area (Å²) in [6.45, 7) is 0.869. The van der Waals surface area contributed by atoms with Crippen molar-refractivity contribution in [1.29, 1.82) is 0 Å². The zero-order valence-corrected chi connectivity index (χ0v) is 6.71. The van der Waals surface area contributed by atoms with Crippen LogP contribution in [0.25, 0.3) is 0 Å². The van der Waals surface area contributed by atoms with Gasteiger partial charge in [-0.15, -0.1) is 11.8 Å². The quantitative estimate of drug-likeness (QED) is 0.581. The molecule has 0 radical (unpaired) electrons. The molecule has 0 bridgehead atoms. The van der Waals surface area contributed by atoms with E-state index >= 15 is 0 Å². The molecule has 4 nitrogen and oxygen atoms in total. The minimum absolute atomic E-state index is 0.167. The Morgan fingerprint density at radius 1 is 1.73 bits per heavy atom. The molecule has 1 N–H and O–H groups in total. The molecule has 1 amide bonds. The van der Waals surface area contributed by atoms with Crippen molar-refractivity contribution in [3.05, 3.63) is 0 Å². The van der Waals surface area contributed by atoms with Gasteiger partial charge in [-0.2, -0.15) is 0 Å². The summed E-state index contributed by atoms with van der Waals surface area (Å²) in [5.74, 6) is 0.718. The molecule has 1 saturated heterocycles. The third-order valence-electron chi connectivity index (χ3n) is 1.52. The zero-order chi connectivity index (χ0) is 8.27. The van der Waals surface area contributed by atoms with Crippen LogP contribution in [0.1, 0.15) is 0 Å². The molecule has 0 aliphatic carbocycles. The van der Waals surface area contributed by atoms with Crippen LogP contribution in [0, 0.1) is 0 Å². The lowest BCUT2D eigenvalue weighted by Gasteiger charge is -2.26. The van der Waals surface area contributed by atoms with E-state index in [-0.39, 0.29) is 5.25 Å². The van der Waals surface area contributed by atoms with Crippen molar-refractivity contribution in [2.45, 2.75) is 5.25 Å². The Morgan fingerprint density at radius 3 is 3.00 bits per heavy atom. The largest absolute Gasteiger partial charge is 0.465 e. The number of rotatable bonds is 1. The Kier molecular flexibility index (Phi) is 2.76. The van der Waals surface area contributed by atoms with Gasteiger partial charge in [-0.25, -0.2) is 4.79 Å². The molecule has 1 heterocycles. The molecule has 1 aliphatic rings. The lowest BCUT2D eigenvalue weighted by atomic mass is 10.4. The van der Waals surface area contributed by atoms with Crippen molar-refractivity contribution >= 4 is 24.1 Å². The van der Waals surface area contributed by atoms with Gasteiger partial charge >= 0.3 is 6.09 Å². The highest BCUT2D eigenvalue weighted by Crippen LogP contribution is 2.16. The molecular weight excluding hydrogens is 166 g/mol. The Hall–Kier alpha value is -0.710. The van der Waals surface area contributed by atoms with E-state index in [1.165, 1.54) is 16.7 Å². The average molecular weight is 175 g/mol. The molecular formula is C6H9NO3S. The standard InChI is InChI=1S/C6H9NO3S/c8-4-5-3-7(6(9)10)1-2-11-5/h4-5H,1-3H2,(H,9,10). The summed E-state index contributed by atoms with van der Waals surface area (Å²) in [4.78, 5) is 22.0. The molecule has 0 aromatic rings. The summed E-state index contributed by atoms with van der Waals surface area (Å²) >= 11 is 1.51. The zero-order valence-electron chi connectivity index (χ0n) is 5.90. The van der Waals surface area contributed by atoms with E-state index in [2.05, 4.69) is 0 Å². The molecule has 62 valence electrons.